The minimum absolute atomic E-state index is 0.118. The minimum atomic E-state index is -1.03. The molecule has 2 aromatic rings. The minimum Gasteiger partial charge on any atom is -0.480 e. The molecule has 1 aromatic carbocycles. The molecule has 1 amide bonds. The highest BCUT2D eigenvalue weighted by Gasteiger charge is 2.06. The highest BCUT2D eigenvalue weighted by molar-refractivity contribution is 5.81. The number of benzene rings is 1. The molecule has 2 rings (SSSR count). The molecule has 0 atom stereocenters. The highest BCUT2D eigenvalue weighted by Crippen LogP contribution is 2.11. The van der Waals surface area contributed by atoms with E-state index in [0.717, 1.165) is 10.9 Å². The molecule has 0 fully saturated rings. The third-order valence-electron chi connectivity index (χ3n) is 2.64. The summed E-state index contributed by atoms with van der Waals surface area (Å²) in [6, 6.07) is 7.62. The number of fused-ring (bicyclic) bond motifs is 1. The molecule has 1 heterocycles. The lowest BCUT2D eigenvalue weighted by molar-refractivity contribution is -0.142. The Morgan fingerprint density at radius 3 is 2.95 bits per heavy atom. The fourth-order valence-electron chi connectivity index (χ4n) is 1.77. The topological polar surface area (TPSA) is 93.5 Å². The summed E-state index contributed by atoms with van der Waals surface area (Å²) >= 11 is 0. The summed E-state index contributed by atoms with van der Waals surface area (Å²) in [5.74, 6) is -1.22. The van der Waals surface area contributed by atoms with Crippen LogP contribution in [-0.4, -0.2) is 46.5 Å². The van der Waals surface area contributed by atoms with Crippen LogP contribution in [0.2, 0.25) is 0 Å². The second kappa shape index (κ2) is 6.67. The molecule has 0 aliphatic carbocycles. The second-order valence-corrected chi connectivity index (χ2v) is 4.16. The number of aliphatic carboxylic acids is 1. The first-order valence-corrected chi connectivity index (χ1v) is 6.13. The van der Waals surface area contributed by atoms with Gasteiger partial charge in [0.25, 0.3) is 0 Å². The van der Waals surface area contributed by atoms with Crippen LogP contribution in [0.1, 0.15) is 0 Å². The van der Waals surface area contributed by atoms with Crippen molar-refractivity contribution in [3.63, 3.8) is 0 Å². The summed E-state index contributed by atoms with van der Waals surface area (Å²) in [5, 5.41) is 16.1. The summed E-state index contributed by atoms with van der Waals surface area (Å²) < 4.78 is 6.43. The van der Waals surface area contributed by atoms with E-state index in [0.29, 0.717) is 0 Å². The Morgan fingerprint density at radius 1 is 1.35 bits per heavy atom. The smallest absolute Gasteiger partial charge is 0.329 e. The average Bonchev–Trinajstić information content (AvgIpc) is 2.81. The predicted molar refractivity (Wildman–Crippen MR) is 71.2 cm³/mol. The number of amides is 1. The van der Waals surface area contributed by atoms with Gasteiger partial charge >= 0.3 is 5.97 Å². The Bertz CT molecular complexity index is 608. The van der Waals surface area contributed by atoms with Crippen molar-refractivity contribution in [1.29, 1.82) is 0 Å². The Hall–Kier alpha value is -2.41. The summed E-state index contributed by atoms with van der Waals surface area (Å²) in [5.41, 5.74) is 0.893. The number of nitrogens with zero attached hydrogens (tertiary/aromatic N) is 2. The summed E-state index contributed by atoms with van der Waals surface area (Å²) in [4.78, 5) is 21.9. The number of para-hydroxylation sites is 1. The molecule has 7 nitrogen and oxygen atoms in total. The van der Waals surface area contributed by atoms with Gasteiger partial charge in [0, 0.05) is 11.9 Å². The van der Waals surface area contributed by atoms with E-state index in [4.69, 9.17) is 9.84 Å². The lowest BCUT2D eigenvalue weighted by Crippen LogP contribution is -2.31. The number of hydrogen-bond acceptors (Lipinski definition) is 4. The summed E-state index contributed by atoms with van der Waals surface area (Å²) in [6.45, 7) is 0.190. The molecule has 20 heavy (non-hydrogen) atoms. The number of nitrogens with one attached hydrogen (secondary N) is 1. The van der Waals surface area contributed by atoms with Gasteiger partial charge in [-0.3, -0.25) is 9.48 Å². The average molecular weight is 277 g/mol. The largest absolute Gasteiger partial charge is 0.480 e. The molecule has 0 spiro atoms. The first-order valence-electron chi connectivity index (χ1n) is 6.13. The van der Waals surface area contributed by atoms with Crippen molar-refractivity contribution in [2.45, 2.75) is 6.54 Å². The van der Waals surface area contributed by atoms with Gasteiger partial charge in [-0.05, 0) is 6.07 Å². The van der Waals surface area contributed by atoms with E-state index in [1.54, 1.807) is 10.9 Å². The fourth-order valence-corrected chi connectivity index (χ4v) is 1.77. The number of carboxylic acids is 1. The Kier molecular flexibility index (Phi) is 4.67. The Balaban J connectivity index is 1.78. The Morgan fingerprint density at radius 2 is 2.15 bits per heavy atom. The van der Waals surface area contributed by atoms with Crippen LogP contribution >= 0.6 is 0 Å². The van der Waals surface area contributed by atoms with Crippen LogP contribution in [0.4, 0.5) is 0 Å². The molecule has 0 aliphatic rings. The van der Waals surface area contributed by atoms with Gasteiger partial charge in [0.05, 0.1) is 18.3 Å². The second-order valence-electron chi connectivity index (χ2n) is 4.16. The Labute approximate surface area is 115 Å². The SMILES string of the molecule is O=C(O)COCCNC(=O)Cn1ncc2ccccc21. The van der Waals surface area contributed by atoms with Crippen LogP contribution in [0, 0.1) is 0 Å². The van der Waals surface area contributed by atoms with Crippen LogP contribution in [-0.2, 0) is 20.9 Å². The van der Waals surface area contributed by atoms with Gasteiger partial charge in [0.1, 0.15) is 13.2 Å². The van der Waals surface area contributed by atoms with Gasteiger partial charge < -0.3 is 15.2 Å². The monoisotopic (exact) mass is 277 g/mol. The van der Waals surface area contributed by atoms with Crippen LogP contribution in [0.25, 0.3) is 10.9 Å². The van der Waals surface area contributed by atoms with E-state index < -0.39 is 5.97 Å². The normalized spacial score (nSPS) is 10.6. The number of ether oxygens (including phenoxy) is 1. The molecule has 0 radical (unpaired) electrons. The molecule has 106 valence electrons. The number of carbonyl (C=O) groups excluding carboxylic acids is 1. The van der Waals surface area contributed by atoms with Crippen LogP contribution in [0.3, 0.4) is 0 Å². The van der Waals surface area contributed by atoms with Gasteiger partial charge in [0.15, 0.2) is 0 Å². The maximum absolute atomic E-state index is 11.7. The zero-order valence-corrected chi connectivity index (χ0v) is 10.8. The quantitative estimate of drug-likeness (QED) is 0.708. The van der Waals surface area contributed by atoms with E-state index in [-0.39, 0.29) is 32.2 Å². The molecular weight excluding hydrogens is 262 g/mol. The molecule has 0 unspecified atom stereocenters. The fraction of sp³-hybridized carbons (Fsp3) is 0.308. The van der Waals surface area contributed by atoms with Crippen molar-refractivity contribution in [3.05, 3.63) is 30.5 Å². The zero-order chi connectivity index (χ0) is 14.4. The number of rotatable bonds is 7. The maximum Gasteiger partial charge on any atom is 0.329 e. The van der Waals surface area contributed by atoms with Crippen molar-refractivity contribution < 1.29 is 19.4 Å². The zero-order valence-electron chi connectivity index (χ0n) is 10.8. The molecule has 0 aliphatic heterocycles. The lowest BCUT2D eigenvalue weighted by atomic mass is 10.2. The maximum atomic E-state index is 11.7. The van der Waals surface area contributed by atoms with Crippen LogP contribution in [0.15, 0.2) is 30.5 Å². The highest BCUT2D eigenvalue weighted by atomic mass is 16.5. The number of aromatic nitrogens is 2. The van der Waals surface area contributed by atoms with E-state index in [9.17, 15) is 9.59 Å². The number of carboxylic acid groups (broad SMARTS) is 1. The van der Waals surface area contributed by atoms with E-state index in [1.165, 1.54) is 0 Å². The van der Waals surface area contributed by atoms with Gasteiger partial charge in [-0.25, -0.2) is 4.79 Å². The van der Waals surface area contributed by atoms with Gasteiger partial charge in [0.2, 0.25) is 5.91 Å². The third kappa shape index (κ3) is 3.79. The van der Waals surface area contributed by atoms with Crippen LogP contribution in [0.5, 0.6) is 0 Å². The molecule has 2 N–H and O–H groups in total. The van der Waals surface area contributed by atoms with E-state index in [2.05, 4.69) is 10.4 Å². The lowest BCUT2D eigenvalue weighted by Gasteiger charge is -2.06. The molecule has 0 bridgehead atoms. The van der Waals surface area contributed by atoms with Crippen molar-refractivity contribution >= 4 is 22.8 Å². The first-order chi connectivity index (χ1) is 9.66. The summed E-state index contributed by atoms with van der Waals surface area (Å²) in [7, 11) is 0. The third-order valence-corrected chi connectivity index (χ3v) is 2.64. The van der Waals surface area contributed by atoms with Crippen LogP contribution < -0.4 is 5.32 Å². The predicted octanol–water partition coefficient (Wildman–Crippen LogP) is 0.254. The van der Waals surface area contributed by atoms with Gasteiger partial charge in [-0.2, -0.15) is 5.10 Å². The number of carbonyl (C=O) groups is 2. The van der Waals surface area contributed by atoms with Crippen molar-refractivity contribution in [2.24, 2.45) is 0 Å². The van der Waals surface area contributed by atoms with Gasteiger partial charge in [-0.15, -0.1) is 0 Å². The molecule has 7 heteroatoms. The molecule has 1 aromatic heterocycles. The van der Waals surface area contributed by atoms with E-state index in [1.807, 2.05) is 24.3 Å². The number of hydrogen-bond donors (Lipinski definition) is 2. The standard InChI is InChI=1S/C13H15N3O4/c17-12(14-5-6-20-9-13(18)19)8-16-11-4-2-1-3-10(11)7-15-16/h1-4,7H,5-6,8-9H2,(H,14,17)(H,18,19). The first kappa shape index (κ1) is 14.0. The van der Waals surface area contributed by atoms with Crippen molar-refractivity contribution in [2.75, 3.05) is 19.8 Å². The van der Waals surface area contributed by atoms with Crippen molar-refractivity contribution in [3.8, 4) is 0 Å². The van der Waals surface area contributed by atoms with Gasteiger partial charge in [-0.1, -0.05) is 18.2 Å². The molecule has 0 saturated carbocycles. The van der Waals surface area contributed by atoms with E-state index >= 15 is 0 Å². The molecular formula is C13H15N3O4. The molecule has 0 saturated heterocycles. The summed E-state index contributed by atoms with van der Waals surface area (Å²) in [6.07, 6.45) is 1.71. The van der Waals surface area contributed by atoms with Crippen molar-refractivity contribution in [1.82, 2.24) is 15.1 Å².